The zero-order chi connectivity index (χ0) is 19.8. The molecule has 0 saturated heterocycles. The summed E-state index contributed by atoms with van der Waals surface area (Å²) in [5.41, 5.74) is 2.81. The number of aromatic nitrogens is 1. The first-order chi connectivity index (χ1) is 13.7. The summed E-state index contributed by atoms with van der Waals surface area (Å²) in [4.78, 5) is 16.8. The van der Waals surface area contributed by atoms with Crippen LogP contribution >= 0.6 is 0 Å². The lowest BCUT2D eigenvalue weighted by atomic mass is 9.80. The number of rotatable bonds is 7. The van der Waals surface area contributed by atoms with E-state index in [0.717, 1.165) is 50.1 Å². The van der Waals surface area contributed by atoms with Crippen molar-refractivity contribution in [3.63, 3.8) is 0 Å². The van der Waals surface area contributed by atoms with Gasteiger partial charge in [0.2, 0.25) is 0 Å². The van der Waals surface area contributed by atoms with Gasteiger partial charge in [-0.05, 0) is 74.3 Å². The summed E-state index contributed by atoms with van der Waals surface area (Å²) in [6.45, 7) is 2.22. The highest BCUT2D eigenvalue weighted by molar-refractivity contribution is 5.75. The second kappa shape index (κ2) is 10.0. The molecule has 0 radical (unpaired) electrons. The van der Waals surface area contributed by atoms with Gasteiger partial charge in [-0.2, -0.15) is 5.26 Å². The van der Waals surface area contributed by atoms with Gasteiger partial charge in [0, 0.05) is 5.69 Å². The minimum atomic E-state index is -0.109. The van der Waals surface area contributed by atoms with Gasteiger partial charge in [0.25, 0.3) is 0 Å². The average molecular weight is 377 g/mol. The van der Waals surface area contributed by atoms with Crippen molar-refractivity contribution in [2.45, 2.75) is 58.3 Å². The number of benzene rings is 1. The largest absolute Gasteiger partial charge is 0.425 e. The minimum Gasteiger partial charge on any atom is -0.425 e. The molecule has 3 rings (SSSR count). The van der Waals surface area contributed by atoms with Crippen LogP contribution in [-0.2, 0) is 17.6 Å². The van der Waals surface area contributed by atoms with Gasteiger partial charge in [0.15, 0.2) is 0 Å². The lowest BCUT2D eigenvalue weighted by molar-refractivity contribution is -0.140. The van der Waals surface area contributed by atoms with Gasteiger partial charge >= 0.3 is 5.97 Å². The van der Waals surface area contributed by atoms with Gasteiger partial charge in [0.1, 0.15) is 5.75 Å². The van der Waals surface area contributed by atoms with E-state index in [2.05, 4.69) is 18.0 Å². The SMILES string of the molecule is CCCC1CCC(C(=O)Oc2ccc(CCc3ccc(C#N)cc3)nc2)CC1. The van der Waals surface area contributed by atoms with Crippen molar-refractivity contribution in [1.29, 1.82) is 5.26 Å². The molecule has 1 aromatic carbocycles. The monoisotopic (exact) mass is 376 g/mol. The molecule has 1 fully saturated rings. The van der Waals surface area contributed by atoms with Crippen LogP contribution in [0, 0.1) is 23.2 Å². The Hall–Kier alpha value is -2.67. The fourth-order valence-corrected chi connectivity index (χ4v) is 3.93. The highest BCUT2D eigenvalue weighted by Crippen LogP contribution is 2.32. The van der Waals surface area contributed by atoms with Gasteiger partial charge in [0.05, 0.1) is 23.7 Å². The summed E-state index contributed by atoms with van der Waals surface area (Å²) < 4.78 is 5.56. The standard InChI is InChI=1S/C24H28N2O2/c1-2-3-18-8-11-21(12-9-18)24(27)28-23-15-14-22(26-17-23)13-10-19-4-6-20(16-25)7-5-19/h4-7,14-15,17-18,21H,2-3,8-13H2,1H3. The Morgan fingerprint density at radius 1 is 1.11 bits per heavy atom. The van der Waals surface area contributed by atoms with Crippen LogP contribution in [0.5, 0.6) is 5.75 Å². The smallest absolute Gasteiger partial charge is 0.314 e. The second-order valence-corrected chi connectivity index (χ2v) is 7.72. The summed E-state index contributed by atoms with van der Waals surface area (Å²) in [6.07, 6.45) is 9.98. The molecule has 1 aliphatic rings. The van der Waals surface area contributed by atoms with E-state index in [1.807, 2.05) is 36.4 Å². The number of nitriles is 1. The molecule has 4 heteroatoms. The number of nitrogens with zero attached hydrogens (tertiary/aromatic N) is 2. The third-order valence-electron chi connectivity index (χ3n) is 5.65. The number of hydrogen-bond acceptors (Lipinski definition) is 4. The Morgan fingerprint density at radius 2 is 1.86 bits per heavy atom. The number of carbonyl (C=O) groups excluding carboxylic acids is 1. The van der Waals surface area contributed by atoms with Crippen LogP contribution in [0.4, 0.5) is 0 Å². The van der Waals surface area contributed by atoms with Crippen LogP contribution in [-0.4, -0.2) is 11.0 Å². The van der Waals surface area contributed by atoms with Crippen LogP contribution in [0.1, 0.15) is 62.3 Å². The lowest BCUT2D eigenvalue weighted by Crippen LogP contribution is -2.25. The van der Waals surface area contributed by atoms with Gasteiger partial charge in [-0.1, -0.05) is 31.9 Å². The quantitative estimate of drug-likeness (QED) is 0.619. The van der Waals surface area contributed by atoms with Crippen LogP contribution in [0.25, 0.3) is 0 Å². The summed E-state index contributed by atoms with van der Waals surface area (Å²) in [5, 5.41) is 8.85. The summed E-state index contributed by atoms with van der Waals surface area (Å²) in [5.74, 6) is 1.24. The van der Waals surface area contributed by atoms with Crippen LogP contribution < -0.4 is 4.74 Å². The number of esters is 1. The molecule has 4 nitrogen and oxygen atoms in total. The first-order valence-corrected chi connectivity index (χ1v) is 10.3. The zero-order valence-electron chi connectivity index (χ0n) is 16.6. The Morgan fingerprint density at radius 3 is 2.46 bits per heavy atom. The van der Waals surface area contributed by atoms with Gasteiger partial charge in [-0.15, -0.1) is 0 Å². The molecule has 28 heavy (non-hydrogen) atoms. The molecule has 0 spiro atoms. The number of ether oxygens (including phenoxy) is 1. The molecule has 0 aliphatic heterocycles. The van der Waals surface area contributed by atoms with Crippen molar-refractivity contribution in [1.82, 2.24) is 4.98 Å². The molecule has 1 aliphatic carbocycles. The molecule has 0 atom stereocenters. The fourth-order valence-electron chi connectivity index (χ4n) is 3.93. The second-order valence-electron chi connectivity index (χ2n) is 7.72. The molecule has 0 amide bonds. The highest BCUT2D eigenvalue weighted by Gasteiger charge is 2.27. The Labute approximate surface area is 167 Å². The van der Waals surface area contributed by atoms with Crippen molar-refractivity contribution in [3.8, 4) is 11.8 Å². The van der Waals surface area contributed by atoms with E-state index in [-0.39, 0.29) is 11.9 Å². The molecule has 1 aromatic heterocycles. The van der Waals surface area contributed by atoms with Gasteiger partial charge in [-0.25, -0.2) is 0 Å². The molecular formula is C24H28N2O2. The first-order valence-electron chi connectivity index (χ1n) is 10.3. The van der Waals surface area contributed by atoms with E-state index in [0.29, 0.717) is 11.3 Å². The van der Waals surface area contributed by atoms with Crippen molar-refractivity contribution >= 4 is 5.97 Å². The van der Waals surface area contributed by atoms with E-state index in [1.165, 1.54) is 18.4 Å². The summed E-state index contributed by atoms with van der Waals surface area (Å²) >= 11 is 0. The van der Waals surface area contributed by atoms with E-state index < -0.39 is 0 Å². The van der Waals surface area contributed by atoms with Crippen molar-refractivity contribution < 1.29 is 9.53 Å². The van der Waals surface area contributed by atoms with Crippen LogP contribution in [0.2, 0.25) is 0 Å². The molecular weight excluding hydrogens is 348 g/mol. The molecule has 146 valence electrons. The number of aryl methyl sites for hydroxylation is 2. The predicted octanol–water partition coefficient (Wildman–Crippen LogP) is 5.25. The van der Waals surface area contributed by atoms with Crippen molar-refractivity contribution in [2.75, 3.05) is 0 Å². The normalized spacial score (nSPS) is 19.0. The Balaban J connectivity index is 1.46. The van der Waals surface area contributed by atoms with E-state index in [9.17, 15) is 4.79 Å². The lowest BCUT2D eigenvalue weighted by Gasteiger charge is -2.26. The maximum atomic E-state index is 12.4. The van der Waals surface area contributed by atoms with Gasteiger partial charge < -0.3 is 4.74 Å². The topological polar surface area (TPSA) is 63.0 Å². The van der Waals surface area contributed by atoms with Crippen LogP contribution in [0.15, 0.2) is 42.6 Å². The fraction of sp³-hybridized carbons (Fsp3) is 0.458. The minimum absolute atomic E-state index is 0.0316. The van der Waals surface area contributed by atoms with E-state index >= 15 is 0 Å². The number of carbonyl (C=O) groups is 1. The third kappa shape index (κ3) is 5.66. The van der Waals surface area contributed by atoms with Gasteiger partial charge in [-0.3, -0.25) is 9.78 Å². The van der Waals surface area contributed by atoms with E-state index in [1.54, 1.807) is 6.20 Å². The van der Waals surface area contributed by atoms with Crippen LogP contribution in [0.3, 0.4) is 0 Å². The maximum Gasteiger partial charge on any atom is 0.314 e. The summed E-state index contributed by atoms with van der Waals surface area (Å²) in [7, 11) is 0. The first kappa shape index (κ1) is 20.1. The van der Waals surface area contributed by atoms with E-state index in [4.69, 9.17) is 10.00 Å². The molecule has 0 unspecified atom stereocenters. The highest BCUT2D eigenvalue weighted by atomic mass is 16.5. The molecule has 0 bridgehead atoms. The zero-order valence-corrected chi connectivity index (χ0v) is 16.6. The average Bonchev–Trinajstić information content (AvgIpc) is 2.74. The Kier molecular flexibility index (Phi) is 7.19. The molecule has 1 saturated carbocycles. The number of pyridine rings is 1. The van der Waals surface area contributed by atoms with Crippen molar-refractivity contribution in [2.24, 2.45) is 11.8 Å². The molecule has 1 heterocycles. The molecule has 2 aromatic rings. The number of hydrogen-bond donors (Lipinski definition) is 0. The maximum absolute atomic E-state index is 12.4. The Bertz CT molecular complexity index is 798. The predicted molar refractivity (Wildman–Crippen MR) is 109 cm³/mol. The third-order valence-corrected chi connectivity index (χ3v) is 5.65. The van der Waals surface area contributed by atoms with Crippen molar-refractivity contribution in [3.05, 3.63) is 59.4 Å². The molecule has 0 N–H and O–H groups in total. The summed E-state index contributed by atoms with van der Waals surface area (Å²) in [6, 6.07) is 13.5.